The summed E-state index contributed by atoms with van der Waals surface area (Å²) in [6, 6.07) is 3.05. The highest BCUT2D eigenvalue weighted by atomic mass is 35.5. The summed E-state index contributed by atoms with van der Waals surface area (Å²) in [5, 5.41) is 6.23. The molecule has 0 aliphatic rings. The van der Waals surface area contributed by atoms with Gasteiger partial charge in [-0.15, -0.1) is 11.3 Å². The molecule has 3 N–H and O–H groups in total. The third-order valence-electron chi connectivity index (χ3n) is 2.24. The molecule has 0 saturated heterocycles. The molecule has 1 aromatic rings. The van der Waals surface area contributed by atoms with E-state index in [0.29, 0.717) is 16.8 Å². The molecule has 0 fully saturated rings. The molecular weight excluding hydrogens is 332 g/mol. The quantitative estimate of drug-likeness (QED) is 0.427. The third-order valence-corrected chi connectivity index (χ3v) is 5.42. The summed E-state index contributed by atoms with van der Waals surface area (Å²) in [6.07, 6.45) is 0. The summed E-state index contributed by atoms with van der Waals surface area (Å²) in [5.41, 5.74) is -0.116. The van der Waals surface area contributed by atoms with Gasteiger partial charge in [-0.3, -0.25) is 4.99 Å². The van der Waals surface area contributed by atoms with E-state index in [9.17, 15) is 8.42 Å². The molecule has 0 unspecified atom stereocenters. The van der Waals surface area contributed by atoms with Crippen molar-refractivity contribution in [3.8, 4) is 0 Å². The minimum absolute atomic E-state index is 0.116. The summed E-state index contributed by atoms with van der Waals surface area (Å²) in [4.78, 5) is 4.07. The summed E-state index contributed by atoms with van der Waals surface area (Å²) in [6.45, 7) is 6.73. The number of aliphatic imine (C=N–C) groups is 1. The van der Waals surface area contributed by atoms with Crippen LogP contribution < -0.4 is 15.4 Å². The van der Waals surface area contributed by atoms with Gasteiger partial charge in [0.1, 0.15) is 4.21 Å². The number of guanidine groups is 1. The van der Waals surface area contributed by atoms with Crippen LogP contribution in [0, 0.1) is 0 Å². The van der Waals surface area contributed by atoms with Gasteiger partial charge >= 0.3 is 0 Å². The van der Waals surface area contributed by atoms with Crippen LogP contribution in [0.1, 0.15) is 20.8 Å². The van der Waals surface area contributed by atoms with E-state index < -0.39 is 10.0 Å². The molecule has 0 aliphatic carbocycles. The molecule has 9 heteroatoms. The number of halogens is 1. The lowest BCUT2D eigenvalue weighted by atomic mass is 10.1. The van der Waals surface area contributed by atoms with Gasteiger partial charge in [0.25, 0.3) is 0 Å². The fraction of sp³-hybridized carbons (Fsp3) is 0.583. The Hall–Kier alpha value is -0.830. The number of sulfonamides is 1. The molecule has 0 aliphatic heterocycles. The Morgan fingerprint density at radius 1 is 1.33 bits per heavy atom. The Morgan fingerprint density at radius 2 is 2.00 bits per heavy atom. The van der Waals surface area contributed by atoms with Crippen LogP contribution in [0.25, 0.3) is 0 Å². The maximum Gasteiger partial charge on any atom is 0.250 e. The molecule has 0 atom stereocenters. The van der Waals surface area contributed by atoms with Crippen LogP contribution in [0.15, 0.2) is 21.3 Å². The van der Waals surface area contributed by atoms with Gasteiger partial charge in [-0.2, -0.15) is 0 Å². The molecule has 1 aromatic heterocycles. The number of nitrogens with zero attached hydrogens (tertiary/aromatic N) is 1. The van der Waals surface area contributed by atoms with Gasteiger partial charge in [0, 0.05) is 25.7 Å². The van der Waals surface area contributed by atoms with Crippen LogP contribution in [0.4, 0.5) is 0 Å². The van der Waals surface area contributed by atoms with E-state index in [2.05, 4.69) is 20.3 Å². The first-order valence-electron chi connectivity index (χ1n) is 6.38. The van der Waals surface area contributed by atoms with Crippen molar-refractivity contribution in [3.05, 3.63) is 16.5 Å². The SMILES string of the molecule is CN=C(NCCNS(=O)(=O)c1ccc(Cl)s1)NC(C)(C)C. The van der Waals surface area contributed by atoms with Crippen LogP contribution in [0.3, 0.4) is 0 Å². The standard InChI is InChI=1S/C12H21ClN4O2S2/c1-12(2,3)17-11(14-4)15-7-8-16-21(18,19)10-6-5-9(13)20-10/h5-6,16H,7-8H2,1-4H3,(H2,14,15,17). The number of rotatable bonds is 5. The Labute approximate surface area is 135 Å². The smallest absolute Gasteiger partial charge is 0.250 e. The Kier molecular flexibility index (Phi) is 6.45. The van der Waals surface area contributed by atoms with E-state index in [1.807, 2.05) is 20.8 Å². The number of hydrogen-bond acceptors (Lipinski definition) is 4. The van der Waals surface area contributed by atoms with Crippen LogP contribution in [0.5, 0.6) is 0 Å². The zero-order valence-corrected chi connectivity index (χ0v) is 14.9. The minimum atomic E-state index is -3.50. The van der Waals surface area contributed by atoms with Gasteiger partial charge in [0.15, 0.2) is 5.96 Å². The van der Waals surface area contributed by atoms with Gasteiger partial charge in [-0.1, -0.05) is 11.6 Å². The second-order valence-corrected chi connectivity index (χ2v) is 9.04. The van der Waals surface area contributed by atoms with Gasteiger partial charge in [0.05, 0.1) is 4.34 Å². The van der Waals surface area contributed by atoms with E-state index in [0.717, 1.165) is 11.3 Å². The molecule has 21 heavy (non-hydrogen) atoms. The zero-order chi connectivity index (χ0) is 16.1. The lowest BCUT2D eigenvalue weighted by Crippen LogP contribution is -2.49. The second-order valence-electron chi connectivity index (χ2n) is 5.33. The second kappa shape index (κ2) is 7.44. The van der Waals surface area contributed by atoms with Crippen LogP contribution in [-0.4, -0.2) is 40.1 Å². The maximum absolute atomic E-state index is 12.0. The molecule has 1 heterocycles. The Balaban J connectivity index is 2.43. The summed E-state index contributed by atoms with van der Waals surface area (Å²) in [7, 11) is -1.83. The Morgan fingerprint density at radius 3 is 2.48 bits per heavy atom. The molecule has 120 valence electrons. The molecule has 0 aromatic carbocycles. The van der Waals surface area contributed by atoms with Crippen molar-refractivity contribution >= 4 is 38.9 Å². The summed E-state index contributed by atoms with van der Waals surface area (Å²) in [5.74, 6) is 0.626. The average Bonchev–Trinajstić information content (AvgIpc) is 2.79. The zero-order valence-electron chi connectivity index (χ0n) is 12.5. The predicted octanol–water partition coefficient (Wildman–Crippen LogP) is 1.64. The van der Waals surface area contributed by atoms with E-state index in [-0.39, 0.29) is 16.3 Å². The lowest BCUT2D eigenvalue weighted by Gasteiger charge is -2.23. The number of nitrogens with one attached hydrogen (secondary N) is 3. The van der Waals surface area contributed by atoms with Crippen molar-refractivity contribution in [3.63, 3.8) is 0 Å². The van der Waals surface area contributed by atoms with Crippen molar-refractivity contribution < 1.29 is 8.42 Å². The molecule has 6 nitrogen and oxygen atoms in total. The van der Waals surface area contributed by atoms with Crippen LogP contribution in [0.2, 0.25) is 4.34 Å². The highest BCUT2D eigenvalue weighted by Gasteiger charge is 2.16. The molecule has 0 saturated carbocycles. The molecule has 0 bridgehead atoms. The van der Waals surface area contributed by atoms with Gasteiger partial charge in [-0.25, -0.2) is 13.1 Å². The Bertz CT molecular complexity index is 591. The van der Waals surface area contributed by atoms with Crippen molar-refractivity contribution in [2.45, 2.75) is 30.5 Å². The summed E-state index contributed by atoms with van der Waals surface area (Å²) < 4.78 is 27.1. The number of thiophene rings is 1. The highest BCUT2D eigenvalue weighted by Crippen LogP contribution is 2.24. The van der Waals surface area contributed by atoms with Crippen LogP contribution in [-0.2, 0) is 10.0 Å². The van der Waals surface area contributed by atoms with Crippen molar-refractivity contribution in [2.75, 3.05) is 20.1 Å². The first-order chi connectivity index (χ1) is 9.64. The van der Waals surface area contributed by atoms with E-state index >= 15 is 0 Å². The van der Waals surface area contributed by atoms with Gasteiger partial charge in [-0.05, 0) is 32.9 Å². The van der Waals surface area contributed by atoms with Crippen molar-refractivity contribution in [1.82, 2.24) is 15.4 Å². The molecule has 0 spiro atoms. The van der Waals surface area contributed by atoms with Gasteiger partial charge in [0.2, 0.25) is 10.0 Å². The monoisotopic (exact) mass is 352 g/mol. The molecule has 0 amide bonds. The molecule has 1 rings (SSSR count). The number of hydrogen-bond donors (Lipinski definition) is 3. The normalized spacial score (nSPS) is 13.3. The predicted molar refractivity (Wildman–Crippen MR) is 88.8 cm³/mol. The molecular formula is C12H21ClN4O2S2. The average molecular weight is 353 g/mol. The largest absolute Gasteiger partial charge is 0.355 e. The fourth-order valence-electron chi connectivity index (χ4n) is 1.41. The van der Waals surface area contributed by atoms with Crippen molar-refractivity contribution in [2.24, 2.45) is 4.99 Å². The van der Waals surface area contributed by atoms with E-state index in [1.165, 1.54) is 6.07 Å². The maximum atomic E-state index is 12.0. The van der Waals surface area contributed by atoms with Crippen molar-refractivity contribution in [1.29, 1.82) is 0 Å². The van der Waals surface area contributed by atoms with E-state index in [4.69, 9.17) is 11.6 Å². The first kappa shape index (κ1) is 18.2. The fourth-order valence-corrected chi connectivity index (χ4v) is 3.97. The summed E-state index contributed by atoms with van der Waals surface area (Å²) >= 11 is 6.77. The lowest BCUT2D eigenvalue weighted by molar-refractivity contribution is 0.501. The van der Waals surface area contributed by atoms with E-state index in [1.54, 1.807) is 13.1 Å². The highest BCUT2D eigenvalue weighted by molar-refractivity contribution is 7.91. The third kappa shape index (κ3) is 6.64. The van der Waals surface area contributed by atoms with Gasteiger partial charge < -0.3 is 10.6 Å². The first-order valence-corrected chi connectivity index (χ1v) is 9.06. The molecule has 0 radical (unpaired) electrons. The van der Waals surface area contributed by atoms with Crippen LogP contribution >= 0.6 is 22.9 Å². The minimum Gasteiger partial charge on any atom is -0.355 e. The topological polar surface area (TPSA) is 82.6 Å².